The van der Waals surface area contributed by atoms with E-state index in [-0.39, 0.29) is 12.0 Å². The van der Waals surface area contributed by atoms with E-state index in [2.05, 4.69) is 29.6 Å². The first-order valence-electron chi connectivity index (χ1n) is 8.63. The summed E-state index contributed by atoms with van der Waals surface area (Å²) in [6.45, 7) is 1.05. The van der Waals surface area contributed by atoms with Crippen LogP contribution < -0.4 is 5.32 Å². The van der Waals surface area contributed by atoms with E-state index < -0.39 is 5.97 Å². The number of carbonyl (C=O) groups is 1. The van der Waals surface area contributed by atoms with Crippen molar-refractivity contribution in [3.8, 4) is 0 Å². The smallest absolute Gasteiger partial charge is 0.307 e. The molecule has 25 heavy (non-hydrogen) atoms. The van der Waals surface area contributed by atoms with E-state index in [0.717, 1.165) is 23.1 Å². The average Bonchev–Trinajstić information content (AvgIpc) is 2.67. The average molecular weight is 337 g/mol. The van der Waals surface area contributed by atoms with E-state index in [4.69, 9.17) is 9.84 Å². The van der Waals surface area contributed by atoms with Crippen LogP contribution in [0, 0.1) is 5.92 Å². The van der Waals surface area contributed by atoms with Gasteiger partial charge in [0.05, 0.1) is 12.2 Å². The fourth-order valence-electron chi connectivity index (χ4n) is 3.05. The second kappa shape index (κ2) is 8.49. The highest BCUT2D eigenvalue weighted by Gasteiger charge is 2.25. The van der Waals surface area contributed by atoms with Crippen molar-refractivity contribution in [3.05, 3.63) is 78.1 Å². The van der Waals surface area contributed by atoms with Crippen LogP contribution in [0.4, 0.5) is 0 Å². The number of rotatable bonds is 6. The minimum Gasteiger partial charge on any atom is -0.499 e. The summed E-state index contributed by atoms with van der Waals surface area (Å²) in [5.41, 5.74) is 3.26. The van der Waals surface area contributed by atoms with Gasteiger partial charge in [0.15, 0.2) is 0 Å². The fraction of sp³-hybridized carbons (Fsp3) is 0.286. The Morgan fingerprint density at radius 3 is 2.12 bits per heavy atom. The van der Waals surface area contributed by atoms with Crippen LogP contribution in [0.3, 0.4) is 0 Å². The quantitative estimate of drug-likeness (QED) is 0.792. The van der Waals surface area contributed by atoms with Crippen LogP contribution in [0.1, 0.15) is 24.0 Å². The number of carboxylic acids is 1. The highest BCUT2D eigenvalue weighted by Crippen LogP contribution is 2.23. The molecule has 1 aliphatic heterocycles. The van der Waals surface area contributed by atoms with Gasteiger partial charge in [0.25, 0.3) is 0 Å². The number of aliphatic carboxylic acids is 1. The van der Waals surface area contributed by atoms with Gasteiger partial charge in [-0.15, -0.1) is 0 Å². The molecular formula is C21H23NO3. The molecular weight excluding hydrogens is 314 g/mol. The summed E-state index contributed by atoms with van der Waals surface area (Å²) in [5, 5.41) is 12.3. The highest BCUT2D eigenvalue weighted by molar-refractivity contribution is 5.79. The molecule has 0 aliphatic carbocycles. The number of piperidine rings is 1. The zero-order valence-corrected chi connectivity index (χ0v) is 14.1. The van der Waals surface area contributed by atoms with Gasteiger partial charge < -0.3 is 15.2 Å². The molecule has 0 radical (unpaired) electrons. The molecule has 1 heterocycles. The summed E-state index contributed by atoms with van der Waals surface area (Å²) in [6, 6.07) is 20.5. The molecule has 1 saturated heterocycles. The fourth-order valence-corrected chi connectivity index (χ4v) is 3.05. The van der Waals surface area contributed by atoms with Crippen LogP contribution in [-0.4, -0.2) is 30.3 Å². The van der Waals surface area contributed by atoms with Crippen LogP contribution in [-0.2, 0) is 9.53 Å². The molecule has 3 rings (SSSR count). The van der Waals surface area contributed by atoms with Crippen molar-refractivity contribution < 1.29 is 14.6 Å². The molecule has 4 nitrogen and oxygen atoms in total. The van der Waals surface area contributed by atoms with Crippen molar-refractivity contribution in [2.24, 2.45) is 5.92 Å². The lowest BCUT2D eigenvalue weighted by Gasteiger charge is -2.27. The monoisotopic (exact) mass is 337 g/mol. The molecule has 0 amide bonds. The molecule has 2 aromatic carbocycles. The summed E-state index contributed by atoms with van der Waals surface area (Å²) < 4.78 is 5.87. The van der Waals surface area contributed by atoms with E-state index in [9.17, 15) is 4.79 Å². The van der Waals surface area contributed by atoms with Crippen LogP contribution in [0.15, 0.2) is 66.9 Å². The number of benzene rings is 2. The van der Waals surface area contributed by atoms with Crippen LogP contribution in [0.2, 0.25) is 0 Å². The molecule has 2 aromatic rings. The van der Waals surface area contributed by atoms with Gasteiger partial charge in [0, 0.05) is 18.2 Å². The predicted molar refractivity (Wildman–Crippen MR) is 98.1 cm³/mol. The maximum Gasteiger partial charge on any atom is 0.307 e. The second-order valence-corrected chi connectivity index (χ2v) is 6.31. The van der Waals surface area contributed by atoms with Gasteiger partial charge in [-0.05, 0) is 24.0 Å². The third-order valence-corrected chi connectivity index (χ3v) is 4.53. The first kappa shape index (κ1) is 17.2. The molecule has 4 heteroatoms. The summed E-state index contributed by atoms with van der Waals surface area (Å²) in [5.74, 6) is -1.00. The first-order chi connectivity index (χ1) is 12.2. The number of carboxylic acid groups (broad SMARTS) is 1. The zero-order valence-electron chi connectivity index (χ0n) is 14.1. The molecule has 2 N–H and O–H groups in total. The Balaban J connectivity index is 1.65. The summed E-state index contributed by atoms with van der Waals surface area (Å²) >= 11 is 0. The molecule has 1 aliphatic rings. The van der Waals surface area contributed by atoms with Gasteiger partial charge in [0.2, 0.25) is 0 Å². The molecule has 1 fully saturated rings. The van der Waals surface area contributed by atoms with Crippen molar-refractivity contribution >= 4 is 11.5 Å². The summed E-state index contributed by atoms with van der Waals surface area (Å²) in [7, 11) is 0. The Bertz CT molecular complexity index is 663. The predicted octanol–water partition coefficient (Wildman–Crippen LogP) is 3.55. The van der Waals surface area contributed by atoms with E-state index in [0.29, 0.717) is 19.6 Å². The van der Waals surface area contributed by atoms with Crippen LogP contribution >= 0.6 is 0 Å². The van der Waals surface area contributed by atoms with Gasteiger partial charge in [-0.3, -0.25) is 4.79 Å². The molecule has 0 bridgehead atoms. The van der Waals surface area contributed by atoms with Gasteiger partial charge in [-0.1, -0.05) is 60.7 Å². The zero-order chi connectivity index (χ0) is 17.5. The SMILES string of the molecule is O=C(O)[C@@H]1CC[C@H](COC=C(c2ccccc2)c2ccccc2)NC1. The van der Waals surface area contributed by atoms with Gasteiger partial charge in [0.1, 0.15) is 6.61 Å². The molecule has 0 saturated carbocycles. The Morgan fingerprint density at radius 1 is 1.04 bits per heavy atom. The van der Waals surface area contributed by atoms with E-state index >= 15 is 0 Å². The number of ether oxygens (including phenoxy) is 1. The van der Waals surface area contributed by atoms with Gasteiger partial charge in [-0.25, -0.2) is 0 Å². The minimum atomic E-state index is -0.720. The summed E-state index contributed by atoms with van der Waals surface area (Å²) in [6.07, 6.45) is 3.33. The van der Waals surface area contributed by atoms with Crippen molar-refractivity contribution in [3.63, 3.8) is 0 Å². The first-order valence-corrected chi connectivity index (χ1v) is 8.63. The highest BCUT2D eigenvalue weighted by atomic mass is 16.5. The van der Waals surface area contributed by atoms with Crippen LogP contribution in [0.25, 0.3) is 5.57 Å². The van der Waals surface area contributed by atoms with Crippen molar-refractivity contribution in [2.75, 3.05) is 13.2 Å². The standard InChI is InChI=1S/C21H23NO3/c23-21(24)18-11-12-19(22-13-18)14-25-15-20(16-7-3-1-4-8-16)17-9-5-2-6-10-17/h1-10,15,18-19,22H,11-14H2,(H,23,24)/t18-,19-/m1/s1. The Kier molecular flexibility index (Phi) is 5.86. The Hall–Kier alpha value is -2.59. The van der Waals surface area contributed by atoms with E-state index in [1.54, 1.807) is 0 Å². The maximum atomic E-state index is 11.0. The Morgan fingerprint density at radius 2 is 1.64 bits per heavy atom. The minimum absolute atomic E-state index is 0.194. The number of nitrogens with one attached hydrogen (secondary N) is 1. The lowest BCUT2D eigenvalue weighted by Crippen LogP contribution is -2.43. The van der Waals surface area contributed by atoms with Gasteiger partial charge >= 0.3 is 5.97 Å². The third kappa shape index (κ3) is 4.70. The summed E-state index contributed by atoms with van der Waals surface area (Å²) in [4.78, 5) is 11.0. The Labute approximate surface area is 148 Å². The largest absolute Gasteiger partial charge is 0.499 e. The van der Waals surface area contributed by atoms with Crippen molar-refractivity contribution in [1.29, 1.82) is 0 Å². The molecule has 2 atom stereocenters. The molecule has 0 aromatic heterocycles. The van der Waals surface area contributed by atoms with E-state index in [1.807, 2.05) is 42.7 Å². The third-order valence-electron chi connectivity index (χ3n) is 4.53. The van der Waals surface area contributed by atoms with Crippen molar-refractivity contribution in [2.45, 2.75) is 18.9 Å². The molecule has 0 spiro atoms. The van der Waals surface area contributed by atoms with E-state index in [1.165, 1.54) is 0 Å². The lowest BCUT2D eigenvalue weighted by atomic mass is 9.95. The van der Waals surface area contributed by atoms with Gasteiger partial charge in [-0.2, -0.15) is 0 Å². The molecule has 130 valence electrons. The topological polar surface area (TPSA) is 58.6 Å². The van der Waals surface area contributed by atoms with Crippen LogP contribution in [0.5, 0.6) is 0 Å². The maximum absolute atomic E-state index is 11.0. The number of hydrogen-bond donors (Lipinski definition) is 2. The second-order valence-electron chi connectivity index (χ2n) is 6.31. The molecule has 0 unspecified atom stereocenters. The normalized spacial score (nSPS) is 19.8. The van der Waals surface area contributed by atoms with Crippen molar-refractivity contribution in [1.82, 2.24) is 5.32 Å². The lowest BCUT2D eigenvalue weighted by molar-refractivity contribution is -0.142. The number of hydrogen-bond acceptors (Lipinski definition) is 3.